The lowest BCUT2D eigenvalue weighted by Gasteiger charge is -2.30. The number of nitrogens with zero attached hydrogens (tertiary/aromatic N) is 1. The van der Waals surface area contributed by atoms with E-state index in [0.29, 0.717) is 5.56 Å². The summed E-state index contributed by atoms with van der Waals surface area (Å²) in [7, 11) is 2.69. The number of aryl methyl sites for hydroxylation is 2. The van der Waals surface area contributed by atoms with Crippen LogP contribution in [0, 0.1) is 13.8 Å². The smallest absolute Gasteiger partial charge is 0.408 e. The summed E-state index contributed by atoms with van der Waals surface area (Å²) in [6.07, 6.45) is -0.736. The molecule has 9 heteroatoms. The normalized spacial score (nSPS) is 12.9. The Hall–Kier alpha value is -3.10. The lowest BCUT2D eigenvalue weighted by atomic mass is 9.99. The molecule has 9 nitrogen and oxygen atoms in total. The molecule has 0 aliphatic rings. The monoisotopic (exact) mass is 435 g/mol. The molecular formula is C22H33N3O6. The van der Waals surface area contributed by atoms with Crippen LogP contribution in [0.2, 0.25) is 0 Å². The summed E-state index contributed by atoms with van der Waals surface area (Å²) in [5.41, 5.74) is 1.71. The van der Waals surface area contributed by atoms with Gasteiger partial charge in [0, 0.05) is 7.05 Å². The van der Waals surface area contributed by atoms with E-state index in [9.17, 15) is 19.2 Å². The van der Waals surface area contributed by atoms with Crippen molar-refractivity contribution in [1.29, 1.82) is 0 Å². The van der Waals surface area contributed by atoms with E-state index in [-0.39, 0.29) is 6.54 Å². The zero-order valence-electron chi connectivity index (χ0n) is 19.5. The van der Waals surface area contributed by atoms with Crippen molar-refractivity contribution in [1.82, 2.24) is 15.5 Å². The van der Waals surface area contributed by atoms with Crippen molar-refractivity contribution in [3.05, 3.63) is 34.9 Å². The third-order valence-electron chi connectivity index (χ3n) is 4.28. The van der Waals surface area contributed by atoms with E-state index >= 15 is 0 Å². The van der Waals surface area contributed by atoms with Gasteiger partial charge in [-0.3, -0.25) is 14.4 Å². The molecule has 0 bridgehead atoms. The average molecular weight is 436 g/mol. The fraction of sp³-hybridized carbons (Fsp3) is 0.545. The number of amides is 3. The molecule has 1 aromatic carbocycles. The first-order chi connectivity index (χ1) is 14.2. The minimum absolute atomic E-state index is 0.329. The fourth-order valence-corrected chi connectivity index (χ4v) is 3.03. The molecule has 172 valence electrons. The van der Waals surface area contributed by atoms with Crippen molar-refractivity contribution in [3.8, 4) is 0 Å². The van der Waals surface area contributed by atoms with Gasteiger partial charge in [-0.15, -0.1) is 0 Å². The number of nitrogens with one attached hydrogen (secondary N) is 2. The molecule has 0 aliphatic heterocycles. The first-order valence-electron chi connectivity index (χ1n) is 9.94. The van der Waals surface area contributed by atoms with Crippen LogP contribution in [0.15, 0.2) is 18.2 Å². The summed E-state index contributed by atoms with van der Waals surface area (Å²) in [5.74, 6) is -1.65. The van der Waals surface area contributed by atoms with E-state index in [4.69, 9.17) is 4.74 Å². The predicted molar refractivity (Wildman–Crippen MR) is 115 cm³/mol. The molecule has 0 heterocycles. The second-order valence-corrected chi connectivity index (χ2v) is 8.43. The van der Waals surface area contributed by atoms with E-state index in [1.54, 1.807) is 32.9 Å². The quantitative estimate of drug-likeness (QED) is 0.633. The lowest BCUT2D eigenvalue weighted by molar-refractivity contribution is -0.143. The van der Waals surface area contributed by atoms with Crippen molar-refractivity contribution < 1.29 is 28.7 Å². The van der Waals surface area contributed by atoms with Gasteiger partial charge >= 0.3 is 12.1 Å². The number of carbonyl (C=O) groups is 4. The zero-order chi connectivity index (χ0) is 23.9. The van der Waals surface area contributed by atoms with Gasteiger partial charge in [0.2, 0.25) is 11.8 Å². The molecule has 0 saturated carbocycles. The molecule has 1 aromatic rings. The summed E-state index contributed by atoms with van der Waals surface area (Å²) in [6, 6.07) is 3.58. The third kappa shape index (κ3) is 8.27. The number of carbonyl (C=O) groups excluding carboxylic acids is 4. The van der Waals surface area contributed by atoms with Crippen LogP contribution in [0.25, 0.3) is 0 Å². The maximum absolute atomic E-state index is 13.0. The molecule has 0 spiro atoms. The number of alkyl carbamates (subject to hydrolysis) is 1. The largest absolute Gasteiger partial charge is 0.468 e. The Balaban J connectivity index is 3.13. The Morgan fingerprint density at radius 1 is 1.06 bits per heavy atom. The summed E-state index contributed by atoms with van der Waals surface area (Å²) in [5, 5.41) is 4.98. The van der Waals surface area contributed by atoms with Crippen molar-refractivity contribution >= 4 is 23.9 Å². The van der Waals surface area contributed by atoms with Crippen molar-refractivity contribution in [2.75, 3.05) is 20.7 Å². The van der Waals surface area contributed by atoms with Gasteiger partial charge in [-0.05, 0) is 47.1 Å². The molecular weight excluding hydrogens is 402 g/mol. The number of ether oxygens (including phenoxy) is 2. The zero-order valence-corrected chi connectivity index (χ0v) is 19.5. The molecule has 1 rings (SSSR count). The second kappa shape index (κ2) is 10.8. The SMILES string of the molecule is COC(=O)CNC(=O)C(c1cc(C)cc(C)c1)N(C)C(=O)C(C)NC(=O)OC(C)(C)C. The van der Waals surface area contributed by atoms with E-state index in [1.807, 2.05) is 19.9 Å². The van der Waals surface area contributed by atoms with Gasteiger partial charge in [0.1, 0.15) is 24.2 Å². The molecule has 2 atom stereocenters. The van der Waals surface area contributed by atoms with Crippen LogP contribution in [-0.2, 0) is 23.9 Å². The van der Waals surface area contributed by atoms with E-state index in [1.165, 1.54) is 26.0 Å². The molecule has 0 radical (unpaired) electrons. The number of esters is 1. The maximum atomic E-state index is 13.0. The Morgan fingerprint density at radius 3 is 2.10 bits per heavy atom. The van der Waals surface area contributed by atoms with Crippen LogP contribution in [-0.4, -0.2) is 61.1 Å². The molecule has 2 unspecified atom stereocenters. The van der Waals surface area contributed by atoms with Crippen LogP contribution in [0.3, 0.4) is 0 Å². The van der Waals surface area contributed by atoms with Gasteiger partial charge in [-0.1, -0.05) is 29.3 Å². The van der Waals surface area contributed by atoms with Crippen LogP contribution in [0.1, 0.15) is 50.4 Å². The fourth-order valence-electron chi connectivity index (χ4n) is 3.03. The first-order valence-corrected chi connectivity index (χ1v) is 9.94. The number of rotatable bonds is 7. The van der Waals surface area contributed by atoms with E-state index in [0.717, 1.165) is 11.1 Å². The Kier molecular flexibility index (Phi) is 9.02. The number of hydrogen-bond donors (Lipinski definition) is 2. The summed E-state index contributed by atoms with van der Waals surface area (Å²) < 4.78 is 9.75. The second-order valence-electron chi connectivity index (χ2n) is 8.43. The molecule has 0 aliphatic carbocycles. The average Bonchev–Trinajstić information content (AvgIpc) is 2.62. The van der Waals surface area contributed by atoms with Gasteiger partial charge in [0.05, 0.1) is 7.11 Å². The standard InChI is InChI=1S/C22H33N3O6/c1-13-9-14(2)11-16(10-13)18(19(27)23-12-17(26)30-8)25(7)20(28)15(3)24-21(29)31-22(4,5)6/h9-11,15,18H,12H2,1-8H3,(H,23,27)(H,24,29). The molecule has 0 fully saturated rings. The molecule has 0 saturated heterocycles. The highest BCUT2D eigenvalue weighted by Crippen LogP contribution is 2.23. The van der Waals surface area contributed by atoms with Gasteiger partial charge in [-0.25, -0.2) is 4.79 Å². The number of methoxy groups -OCH3 is 1. The maximum Gasteiger partial charge on any atom is 0.408 e. The summed E-state index contributed by atoms with van der Waals surface area (Å²) >= 11 is 0. The van der Waals surface area contributed by atoms with Crippen LogP contribution in [0.5, 0.6) is 0 Å². The van der Waals surface area contributed by atoms with Gasteiger partial charge in [0.15, 0.2) is 0 Å². The van der Waals surface area contributed by atoms with Crippen molar-refractivity contribution in [3.63, 3.8) is 0 Å². The molecule has 31 heavy (non-hydrogen) atoms. The predicted octanol–water partition coefficient (Wildman–Crippen LogP) is 2.01. The molecule has 2 N–H and O–H groups in total. The molecule has 0 aromatic heterocycles. The van der Waals surface area contributed by atoms with Crippen molar-refractivity contribution in [2.45, 2.75) is 59.2 Å². The minimum atomic E-state index is -1.02. The number of likely N-dealkylation sites (N-methyl/N-ethyl adjacent to an activating group) is 1. The number of hydrogen-bond acceptors (Lipinski definition) is 6. The Morgan fingerprint density at radius 2 is 1.61 bits per heavy atom. The van der Waals surface area contributed by atoms with Crippen LogP contribution in [0.4, 0.5) is 4.79 Å². The van der Waals surface area contributed by atoms with Crippen molar-refractivity contribution in [2.24, 2.45) is 0 Å². The van der Waals surface area contributed by atoms with E-state index in [2.05, 4.69) is 15.4 Å². The minimum Gasteiger partial charge on any atom is -0.468 e. The highest BCUT2D eigenvalue weighted by molar-refractivity contribution is 5.92. The summed E-state index contributed by atoms with van der Waals surface area (Å²) in [4.78, 5) is 50.7. The van der Waals surface area contributed by atoms with E-state index < -0.39 is 41.6 Å². The Labute approximate surface area is 183 Å². The highest BCUT2D eigenvalue weighted by Gasteiger charge is 2.32. The van der Waals surface area contributed by atoms with Gasteiger partial charge in [-0.2, -0.15) is 0 Å². The van der Waals surface area contributed by atoms with Crippen LogP contribution < -0.4 is 10.6 Å². The Bertz CT molecular complexity index is 811. The summed E-state index contributed by atoms with van der Waals surface area (Å²) in [6.45, 7) is 10.1. The van der Waals surface area contributed by atoms with Crippen LogP contribution >= 0.6 is 0 Å². The number of benzene rings is 1. The lowest BCUT2D eigenvalue weighted by Crippen LogP contribution is -2.50. The van der Waals surface area contributed by atoms with Gasteiger partial charge < -0.3 is 25.0 Å². The van der Waals surface area contributed by atoms with Gasteiger partial charge in [0.25, 0.3) is 0 Å². The first kappa shape index (κ1) is 25.9. The third-order valence-corrected chi connectivity index (χ3v) is 4.28. The molecule has 3 amide bonds. The topological polar surface area (TPSA) is 114 Å². The highest BCUT2D eigenvalue weighted by atomic mass is 16.6.